The van der Waals surface area contributed by atoms with Crippen molar-refractivity contribution in [1.82, 2.24) is 10.2 Å². The van der Waals surface area contributed by atoms with Crippen LogP contribution in [-0.2, 0) is 4.79 Å². The number of hydrogen-bond donors (Lipinski definition) is 2. The van der Waals surface area contributed by atoms with Crippen LogP contribution in [0.4, 0.5) is 0 Å². The van der Waals surface area contributed by atoms with Crippen LogP contribution in [-0.4, -0.2) is 42.0 Å². The minimum atomic E-state index is 0.126. The van der Waals surface area contributed by atoms with Gasteiger partial charge in [-0.1, -0.05) is 13.8 Å². The fourth-order valence-corrected chi connectivity index (χ4v) is 3.44. The van der Waals surface area contributed by atoms with E-state index in [1.54, 1.807) is 0 Å². The van der Waals surface area contributed by atoms with Crippen LogP contribution in [0.25, 0.3) is 0 Å². The van der Waals surface area contributed by atoms with Gasteiger partial charge in [-0.25, -0.2) is 0 Å². The highest BCUT2D eigenvalue weighted by Crippen LogP contribution is 2.36. The summed E-state index contributed by atoms with van der Waals surface area (Å²) in [6.45, 7) is 11.1. The third-order valence-corrected chi connectivity index (χ3v) is 4.81. The van der Waals surface area contributed by atoms with Crippen molar-refractivity contribution < 1.29 is 4.79 Å². The summed E-state index contributed by atoms with van der Waals surface area (Å²) in [5.74, 6) is 0.972. The second-order valence-electron chi connectivity index (χ2n) is 7.07. The number of nitrogens with zero attached hydrogens (tertiary/aromatic N) is 1. The molecule has 0 aromatic rings. The molecule has 0 bridgehead atoms. The van der Waals surface area contributed by atoms with Crippen molar-refractivity contribution in [2.45, 2.75) is 77.8 Å². The second-order valence-corrected chi connectivity index (χ2v) is 7.07. The van der Waals surface area contributed by atoms with Crippen LogP contribution in [0.5, 0.6) is 0 Å². The van der Waals surface area contributed by atoms with Crippen LogP contribution in [0.1, 0.15) is 66.2 Å². The molecule has 1 fully saturated rings. The topological polar surface area (TPSA) is 58.4 Å². The highest BCUT2D eigenvalue weighted by atomic mass is 16.1. The molecule has 124 valence electrons. The average molecular weight is 297 g/mol. The quantitative estimate of drug-likeness (QED) is 0.724. The highest BCUT2D eigenvalue weighted by Gasteiger charge is 2.37. The molecule has 21 heavy (non-hydrogen) atoms. The monoisotopic (exact) mass is 297 g/mol. The van der Waals surface area contributed by atoms with E-state index >= 15 is 0 Å². The van der Waals surface area contributed by atoms with Gasteiger partial charge in [0.1, 0.15) is 0 Å². The number of nitrogens with one attached hydrogen (secondary N) is 1. The molecule has 4 nitrogen and oxygen atoms in total. The Kier molecular flexibility index (Phi) is 7.67. The van der Waals surface area contributed by atoms with E-state index in [-0.39, 0.29) is 17.5 Å². The molecule has 4 heteroatoms. The molecule has 1 saturated carbocycles. The lowest BCUT2D eigenvalue weighted by Gasteiger charge is -2.47. The van der Waals surface area contributed by atoms with E-state index in [2.05, 4.69) is 24.1 Å². The van der Waals surface area contributed by atoms with Gasteiger partial charge < -0.3 is 11.1 Å². The Labute approximate surface area is 130 Å². The van der Waals surface area contributed by atoms with Gasteiger partial charge in [0.2, 0.25) is 5.91 Å². The third-order valence-electron chi connectivity index (χ3n) is 4.81. The van der Waals surface area contributed by atoms with Crippen molar-refractivity contribution in [2.24, 2.45) is 11.7 Å². The summed E-state index contributed by atoms with van der Waals surface area (Å²) in [5.41, 5.74) is 6.29. The Bertz CT molecular complexity index is 309. The first-order chi connectivity index (χ1) is 9.93. The lowest BCUT2D eigenvalue weighted by molar-refractivity contribution is -0.122. The second kappa shape index (κ2) is 8.74. The number of rotatable bonds is 8. The maximum absolute atomic E-state index is 11.9. The Hall–Kier alpha value is -0.610. The summed E-state index contributed by atoms with van der Waals surface area (Å²) in [7, 11) is 0. The molecule has 1 aliphatic carbocycles. The van der Waals surface area contributed by atoms with Crippen molar-refractivity contribution >= 4 is 5.91 Å². The lowest BCUT2D eigenvalue weighted by atomic mass is 9.75. The number of carbonyl (C=O) groups is 1. The zero-order chi connectivity index (χ0) is 15.9. The molecule has 0 aromatic heterocycles. The van der Waals surface area contributed by atoms with E-state index in [0.717, 1.165) is 25.4 Å². The predicted octanol–water partition coefficient (Wildman–Crippen LogP) is 2.52. The van der Waals surface area contributed by atoms with Crippen LogP contribution in [0, 0.1) is 5.92 Å². The van der Waals surface area contributed by atoms with Gasteiger partial charge >= 0.3 is 0 Å². The summed E-state index contributed by atoms with van der Waals surface area (Å²) in [6.07, 6.45) is 6.57. The van der Waals surface area contributed by atoms with Gasteiger partial charge in [-0.05, 0) is 58.4 Å². The van der Waals surface area contributed by atoms with Crippen LogP contribution < -0.4 is 11.1 Å². The fraction of sp³-hybridized carbons (Fsp3) is 0.941. The summed E-state index contributed by atoms with van der Waals surface area (Å²) >= 11 is 0. The van der Waals surface area contributed by atoms with Crippen molar-refractivity contribution in [3.8, 4) is 0 Å². The third kappa shape index (κ3) is 5.59. The smallest absolute Gasteiger partial charge is 0.221 e. The van der Waals surface area contributed by atoms with E-state index in [9.17, 15) is 4.79 Å². The van der Waals surface area contributed by atoms with Crippen LogP contribution in [0.2, 0.25) is 0 Å². The average Bonchev–Trinajstić information content (AvgIpc) is 2.44. The Morgan fingerprint density at radius 1 is 1.33 bits per heavy atom. The highest BCUT2D eigenvalue weighted by molar-refractivity contribution is 5.76. The van der Waals surface area contributed by atoms with E-state index in [0.29, 0.717) is 13.0 Å². The van der Waals surface area contributed by atoms with Crippen molar-refractivity contribution in [2.75, 3.05) is 19.6 Å². The number of amides is 1. The summed E-state index contributed by atoms with van der Waals surface area (Å²) < 4.78 is 0. The first-order valence-electron chi connectivity index (χ1n) is 8.68. The zero-order valence-corrected chi connectivity index (χ0v) is 14.5. The molecule has 1 aliphatic rings. The van der Waals surface area contributed by atoms with Crippen LogP contribution in [0.15, 0.2) is 0 Å². The van der Waals surface area contributed by atoms with Gasteiger partial charge in [-0.2, -0.15) is 0 Å². The zero-order valence-electron chi connectivity index (χ0n) is 14.5. The minimum Gasteiger partial charge on any atom is -0.354 e. The van der Waals surface area contributed by atoms with Gasteiger partial charge in [0, 0.05) is 31.1 Å². The molecule has 0 heterocycles. The standard InChI is InChI=1S/C17H35N3O/c1-5-11-20(12-8-16(21)19-14(2)3)17(13-18)9-6-15(4)7-10-17/h14-15H,5-13,18H2,1-4H3,(H,19,21). The van der Waals surface area contributed by atoms with Crippen LogP contribution >= 0.6 is 0 Å². The van der Waals surface area contributed by atoms with Crippen molar-refractivity contribution in [3.05, 3.63) is 0 Å². The van der Waals surface area contributed by atoms with Crippen molar-refractivity contribution in [1.29, 1.82) is 0 Å². The van der Waals surface area contributed by atoms with Gasteiger partial charge in [0.25, 0.3) is 0 Å². The molecule has 0 spiro atoms. The summed E-state index contributed by atoms with van der Waals surface area (Å²) in [6, 6.07) is 0.219. The van der Waals surface area contributed by atoms with E-state index < -0.39 is 0 Å². The molecular formula is C17H35N3O. The number of nitrogens with two attached hydrogens (primary N) is 1. The van der Waals surface area contributed by atoms with Gasteiger partial charge in [-0.15, -0.1) is 0 Å². The molecule has 1 amide bonds. The van der Waals surface area contributed by atoms with E-state index in [4.69, 9.17) is 5.73 Å². The Morgan fingerprint density at radius 2 is 1.95 bits per heavy atom. The molecule has 0 radical (unpaired) electrons. The molecule has 0 saturated heterocycles. The van der Waals surface area contributed by atoms with Crippen LogP contribution in [0.3, 0.4) is 0 Å². The van der Waals surface area contributed by atoms with Gasteiger partial charge in [0.05, 0.1) is 0 Å². The Balaban J connectivity index is 2.63. The van der Waals surface area contributed by atoms with Gasteiger partial charge in [0.15, 0.2) is 0 Å². The van der Waals surface area contributed by atoms with E-state index in [1.165, 1.54) is 25.7 Å². The number of hydrogen-bond acceptors (Lipinski definition) is 3. The SMILES string of the molecule is CCCN(CCC(=O)NC(C)C)C1(CN)CCC(C)CC1. The lowest BCUT2D eigenvalue weighted by Crippen LogP contribution is -2.56. The molecule has 0 aliphatic heterocycles. The Morgan fingerprint density at radius 3 is 2.43 bits per heavy atom. The first kappa shape index (κ1) is 18.4. The molecule has 0 atom stereocenters. The first-order valence-corrected chi connectivity index (χ1v) is 8.68. The predicted molar refractivity (Wildman–Crippen MR) is 89.2 cm³/mol. The maximum Gasteiger partial charge on any atom is 0.221 e. The summed E-state index contributed by atoms with van der Waals surface area (Å²) in [4.78, 5) is 14.4. The van der Waals surface area contributed by atoms with Gasteiger partial charge in [-0.3, -0.25) is 9.69 Å². The molecule has 0 aromatic carbocycles. The molecule has 0 unspecified atom stereocenters. The minimum absolute atomic E-state index is 0.126. The molecule has 1 rings (SSSR count). The largest absolute Gasteiger partial charge is 0.354 e. The number of carbonyl (C=O) groups excluding carboxylic acids is 1. The van der Waals surface area contributed by atoms with Crippen molar-refractivity contribution in [3.63, 3.8) is 0 Å². The summed E-state index contributed by atoms with van der Waals surface area (Å²) in [5, 5.41) is 2.98. The fourth-order valence-electron chi connectivity index (χ4n) is 3.44. The molecular weight excluding hydrogens is 262 g/mol. The van der Waals surface area contributed by atoms with E-state index in [1.807, 2.05) is 13.8 Å². The molecule has 3 N–H and O–H groups in total. The normalized spacial score (nSPS) is 26.3. The maximum atomic E-state index is 11.9.